The average Bonchev–Trinajstić information content (AvgIpc) is 3.03. The number of hydrogen-bond acceptors (Lipinski definition) is 4. The molecule has 0 bridgehead atoms. The van der Waals surface area contributed by atoms with Gasteiger partial charge in [-0.05, 0) is 18.2 Å². The molecule has 0 atom stereocenters. The molecule has 0 unspecified atom stereocenters. The number of ketones is 1. The van der Waals surface area contributed by atoms with Crippen LogP contribution in [-0.4, -0.2) is 26.3 Å². The molecule has 0 aliphatic heterocycles. The molecule has 0 amide bonds. The van der Waals surface area contributed by atoms with E-state index in [1.807, 2.05) is 0 Å². The van der Waals surface area contributed by atoms with Crippen molar-refractivity contribution in [1.29, 1.82) is 0 Å². The van der Waals surface area contributed by atoms with Crippen molar-refractivity contribution in [3.8, 4) is 17.0 Å². The number of rotatable bonds is 3. The average molecular weight is 333 g/mol. The van der Waals surface area contributed by atoms with Crippen LogP contribution in [0.25, 0.3) is 11.3 Å². The number of nitrogens with zero attached hydrogens (tertiary/aromatic N) is 2. The zero-order valence-corrected chi connectivity index (χ0v) is 12.0. The van der Waals surface area contributed by atoms with Gasteiger partial charge in [0, 0.05) is 5.56 Å². The number of hydrogen-bond donors (Lipinski definition) is 2. The third-order valence-corrected chi connectivity index (χ3v) is 3.40. The summed E-state index contributed by atoms with van der Waals surface area (Å²) in [6.45, 7) is 0. The molecule has 0 radical (unpaired) electrons. The molecule has 0 saturated carbocycles. The van der Waals surface area contributed by atoms with E-state index >= 15 is 0 Å². The fraction of sp³-hybridized carbons (Fsp3) is 0.0625. The molecule has 122 valence electrons. The topological polar surface area (TPSA) is 78.9 Å². The Balaban J connectivity index is 2.14. The predicted octanol–water partition coefficient (Wildman–Crippen LogP) is 3.43. The normalized spacial score (nSPS) is 11.5. The second-order valence-corrected chi connectivity index (χ2v) is 4.91. The minimum Gasteiger partial charge on any atom is -0.507 e. The lowest BCUT2D eigenvalue weighted by Gasteiger charge is -2.11. The maximum atomic E-state index is 13.2. The number of phenols is 1. The van der Waals surface area contributed by atoms with Gasteiger partial charge in [0.2, 0.25) is 5.78 Å². The number of H-pyrrole nitrogens is 1. The van der Waals surface area contributed by atoms with Crippen LogP contribution >= 0.6 is 0 Å². The monoisotopic (exact) mass is 333 g/mol. The van der Waals surface area contributed by atoms with E-state index in [0.29, 0.717) is 0 Å². The van der Waals surface area contributed by atoms with Gasteiger partial charge < -0.3 is 5.11 Å². The molecule has 0 spiro atoms. The lowest BCUT2D eigenvalue weighted by atomic mass is 9.99. The molecule has 3 aromatic rings. The number of benzene rings is 2. The third-order valence-electron chi connectivity index (χ3n) is 3.40. The Morgan fingerprint density at radius 1 is 1.00 bits per heavy atom. The van der Waals surface area contributed by atoms with Crippen LogP contribution in [0.15, 0.2) is 48.5 Å². The summed E-state index contributed by atoms with van der Waals surface area (Å²) in [5, 5.41) is 19.3. The van der Waals surface area contributed by atoms with Crippen molar-refractivity contribution in [3.63, 3.8) is 0 Å². The lowest BCUT2D eigenvalue weighted by molar-refractivity contribution is -0.137. The van der Waals surface area contributed by atoms with E-state index in [4.69, 9.17) is 0 Å². The molecule has 8 heteroatoms. The smallest absolute Gasteiger partial charge is 0.417 e. The number of nitrogens with one attached hydrogen (secondary N) is 1. The van der Waals surface area contributed by atoms with Crippen molar-refractivity contribution < 1.29 is 23.1 Å². The molecular weight excluding hydrogens is 323 g/mol. The Hall–Kier alpha value is -3.16. The van der Waals surface area contributed by atoms with Gasteiger partial charge in [0.05, 0.1) is 11.1 Å². The van der Waals surface area contributed by atoms with Crippen LogP contribution in [-0.2, 0) is 6.18 Å². The van der Waals surface area contributed by atoms with E-state index < -0.39 is 17.5 Å². The Bertz CT molecular complexity index is 903. The molecule has 3 rings (SSSR count). The molecular formula is C16H10F3N3O2. The molecule has 24 heavy (non-hydrogen) atoms. The second kappa shape index (κ2) is 5.80. The predicted molar refractivity (Wildman–Crippen MR) is 78.4 cm³/mol. The zero-order chi connectivity index (χ0) is 17.3. The summed E-state index contributed by atoms with van der Waals surface area (Å²) >= 11 is 0. The van der Waals surface area contributed by atoms with Crippen LogP contribution in [0, 0.1) is 0 Å². The van der Waals surface area contributed by atoms with E-state index in [0.717, 1.165) is 6.07 Å². The molecule has 0 aliphatic rings. The highest BCUT2D eigenvalue weighted by Crippen LogP contribution is 2.37. The van der Waals surface area contributed by atoms with Gasteiger partial charge in [-0.25, -0.2) is 0 Å². The molecule has 1 aromatic heterocycles. The van der Waals surface area contributed by atoms with Crippen LogP contribution in [0.4, 0.5) is 13.2 Å². The van der Waals surface area contributed by atoms with Gasteiger partial charge in [-0.2, -0.15) is 28.6 Å². The minimum absolute atomic E-state index is 0.0721. The first-order chi connectivity index (χ1) is 11.4. The van der Waals surface area contributed by atoms with E-state index in [-0.39, 0.29) is 28.3 Å². The van der Waals surface area contributed by atoms with E-state index in [1.54, 1.807) is 0 Å². The molecule has 5 nitrogen and oxygen atoms in total. The summed E-state index contributed by atoms with van der Waals surface area (Å²) < 4.78 is 39.5. The highest BCUT2D eigenvalue weighted by Gasteiger charge is 2.35. The maximum Gasteiger partial charge on any atom is 0.417 e. The molecule has 2 N–H and O–H groups in total. The Morgan fingerprint density at radius 3 is 2.38 bits per heavy atom. The number of alkyl halides is 3. The van der Waals surface area contributed by atoms with Crippen molar-refractivity contribution in [1.82, 2.24) is 15.4 Å². The maximum absolute atomic E-state index is 13.2. The fourth-order valence-corrected chi connectivity index (χ4v) is 2.31. The fourth-order valence-electron chi connectivity index (χ4n) is 2.31. The third kappa shape index (κ3) is 2.73. The van der Waals surface area contributed by atoms with Gasteiger partial charge in [-0.3, -0.25) is 4.79 Å². The van der Waals surface area contributed by atoms with Gasteiger partial charge in [-0.1, -0.05) is 30.3 Å². The van der Waals surface area contributed by atoms with E-state index in [1.165, 1.54) is 42.5 Å². The first kappa shape index (κ1) is 15.7. The van der Waals surface area contributed by atoms with Gasteiger partial charge in [0.1, 0.15) is 11.4 Å². The van der Waals surface area contributed by atoms with Crippen molar-refractivity contribution in [3.05, 3.63) is 65.4 Å². The van der Waals surface area contributed by atoms with Crippen molar-refractivity contribution in [2.24, 2.45) is 0 Å². The highest BCUT2D eigenvalue weighted by molar-refractivity contribution is 6.12. The Kier molecular flexibility index (Phi) is 3.80. The van der Waals surface area contributed by atoms with Crippen LogP contribution in [0.2, 0.25) is 0 Å². The summed E-state index contributed by atoms with van der Waals surface area (Å²) in [5.74, 6) is -1.02. The molecule has 0 fully saturated rings. The minimum atomic E-state index is -4.61. The number of aromatic hydroxyl groups is 1. The number of halogens is 3. The second-order valence-electron chi connectivity index (χ2n) is 4.91. The lowest BCUT2D eigenvalue weighted by Crippen LogP contribution is -2.09. The summed E-state index contributed by atoms with van der Waals surface area (Å²) in [7, 11) is 0. The number of aromatic nitrogens is 3. The number of carbonyl (C=O) groups is 1. The van der Waals surface area contributed by atoms with Crippen molar-refractivity contribution in [2.75, 3.05) is 0 Å². The van der Waals surface area contributed by atoms with E-state index in [2.05, 4.69) is 15.4 Å². The Labute approximate surface area is 133 Å². The summed E-state index contributed by atoms with van der Waals surface area (Å²) in [6.07, 6.45) is -4.61. The first-order valence-electron chi connectivity index (χ1n) is 6.79. The standard InChI is InChI=1S/C16H10F3N3O2/c17-16(18,19)11-7-3-1-5-9(11)13-14(21-22-20-13)15(24)10-6-2-4-8-12(10)23/h1-8,23H,(H,20,21,22). The molecule has 0 saturated heterocycles. The van der Waals surface area contributed by atoms with Crippen LogP contribution in [0.3, 0.4) is 0 Å². The van der Waals surface area contributed by atoms with Gasteiger partial charge in [-0.15, -0.1) is 0 Å². The summed E-state index contributed by atoms with van der Waals surface area (Å²) in [5.41, 5.74) is -1.79. The largest absolute Gasteiger partial charge is 0.507 e. The number of para-hydroxylation sites is 1. The summed E-state index contributed by atoms with van der Waals surface area (Å²) in [6, 6.07) is 10.5. The first-order valence-corrected chi connectivity index (χ1v) is 6.79. The highest BCUT2D eigenvalue weighted by atomic mass is 19.4. The van der Waals surface area contributed by atoms with Crippen LogP contribution < -0.4 is 0 Å². The van der Waals surface area contributed by atoms with Gasteiger partial charge >= 0.3 is 6.18 Å². The summed E-state index contributed by atoms with van der Waals surface area (Å²) in [4.78, 5) is 12.5. The van der Waals surface area contributed by atoms with Crippen molar-refractivity contribution >= 4 is 5.78 Å². The van der Waals surface area contributed by atoms with Gasteiger partial charge in [0.25, 0.3) is 0 Å². The number of aromatic amines is 1. The molecule has 1 heterocycles. The SMILES string of the molecule is O=C(c1ccccc1O)c1n[nH]nc1-c1ccccc1C(F)(F)F. The van der Waals surface area contributed by atoms with Gasteiger partial charge in [0.15, 0.2) is 5.69 Å². The molecule has 0 aliphatic carbocycles. The van der Waals surface area contributed by atoms with Crippen LogP contribution in [0.5, 0.6) is 5.75 Å². The van der Waals surface area contributed by atoms with E-state index in [9.17, 15) is 23.1 Å². The van der Waals surface area contributed by atoms with Crippen LogP contribution in [0.1, 0.15) is 21.6 Å². The number of phenolic OH excluding ortho intramolecular Hbond substituents is 1. The molecule has 2 aromatic carbocycles. The zero-order valence-electron chi connectivity index (χ0n) is 12.0. The van der Waals surface area contributed by atoms with Crippen molar-refractivity contribution in [2.45, 2.75) is 6.18 Å². The number of carbonyl (C=O) groups excluding carboxylic acids is 1. The quantitative estimate of drug-likeness (QED) is 0.720. The Morgan fingerprint density at radius 2 is 1.67 bits per heavy atom.